The maximum Gasteiger partial charge on any atom is 0.213 e. The number of nitrogens with zero attached hydrogens (tertiary/aromatic N) is 4. The smallest absolute Gasteiger partial charge is 0.213 e. The van der Waals surface area contributed by atoms with E-state index >= 15 is 0 Å². The molecule has 0 amide bonds. The van der Waals surface area contributed by atoms with Crippen LogP contribution < -0.4 is 10.6 Å². The Kier molecular flexibility index (Phi) is 11.1. The highest BCUT2D eigenvalue weighted by Gasteiger charge is 2.19. The predicted molar refractivity (Wildman–Crippen MR) is 146 cm³/mol. The molecule has 1 saturated heterocycles. The van der Waals surface area contributed by atoms with Crippen molar-refractivity contribution < 1.29 is 4.42 Å². The summed E-state index contributed by atoms with van der Waals surface area (Å²) >= 11 is 0. The van der Waals surface area contributed by atoms with Crippen molar-refractivity contribution in [2.24, 2.45) is 4.99 Å². The molecule has 1 aliphatic heterocycles. The lowest BCUT2D eigenvalue weighted by Gasteiger charge is -2.34. The summed E-state index contributed by atoms with van der Waals surface area (Å²) in [7, 11) is 0. The van der Waals surface area contributed by atoms with Gasteiger partial charge in [0.25, 0.3) is 0 Å². The van der Waals surface area contributed by atoms with E-state index in [0.717, 1.165) is 57.5 Å². The van der Waals surface area contributed by atoms with Gasteiger partial charge in [0.05, 0.1) is 19.3 Å². The molecule has 2 N–H and O–H groups in total. The van der Waals surface area contributed by atoms with Crippen LogP contribution >= 0.6 is 24.0 Å². The van der Waals surface area contributed by atoms with Gasteiger partial charge >= 0.3 is 0 Å². The van der Waals surface area contributed by atoms with Gasteiger partial charge in [0, 0.05) is 44.7 Å². The second-order valence-electron chi connectivity index (χ2n) is 9.40. The Morgan fingerprint density at radius 2 is 1.70 bits per heavy atom. The van der Waals surface area contributed by atoms with E-state index < -0.39 is 0 Å². The predicted octanol–water partition coefficient (Wildman–Crippen LogP) is 3.98. The van der Waals surface area contributed by atoms with E-state index in [0.29, 0.717) is 19.0 Å². The topological polar surface area (TPSA) is 68.9 Å². The van der Waals surface area contributed by atoms with E-state index in [4.69, 9.17) is 9.41 Å². The lowest BCUT2D eigenvalue weighted by Crippen LogP contribution is -2.45. The Bertz CT molecular complexity index is 868. The standard InChI is InChI=1S/C25H40N6O.HI/c1-6-26-24(29-18-23-27-17-22(32-23)25(3,4)5)28-16-20-10-8-9-11-21(20)19-31-14-12-30(7-2)13-15-31;/h8-11,17H,6-7,12-16,18-19H2,1-5H3,(H2,26,28,29);1H. The van der Waals surface area contributed by atoms with Crippen LogP contribution in [0, 0.1) is 0 Å². The first-order valence-electron chi connectivity index (χ1n) is 11.9. The van der Waals surface area contributed by atoms with Crippen LogP contribution in [0.15, 0.2) is 39.9 Å². The number of nitrogens with one attached hydrogen (secondary N) is 2. The van der Waals surface area contributed by atoms with Crippen molar-refractivity contribution >= 4 is 29.9 Å². The Labute approximate surface area is 216 Å². The average Bonchev–Trinajstić information content (AvgIpc) is 3.27. The SMILES string of the molecule is CCNC(=NCc1ccccc1CN1CCN(CC)CC1)NCc1ncc(C(C)(C)C)o1.I. The second kappa shape index (κ2) is 13.3. The lowest BCUT2D eigenvalue weighted by molar-refractivity contribution is 0.131. The van der Waals surface area contributed by atoms with Crippen LogP contribution in [0.2, 0.25) is 0 Å². The van der Waals surface area contributed by atoms with Crippen molar-refractivity contribution in [1.29, 1.82) is 0 Å². The van der Waals surface area contributed by atoms with Gasteiger partial charge in [0.2, 0.25) is 5.89 Å². The summed E-state index contributed by atoms with van der Waals surface area (Å²) in [6.45, 7) is 19.3. The summed E-state index contributed by atoms with van der Waals surface area (Å²) < 4.78 is 5.89. The minimum Gasteiger partial charge on any atom is -0.443 e. The number of halogens is 1. The molecule has 0 atom stereocenters. The number of rotatable bonds is 8. The summed E-state index contributed by atoms with van der Waals surface area (Å²) in [5.41, 5.74) is 2.59. The molecule has 2 heterocycles. The van der Waals surface area contributed by atoms with Gasteiger partial charge < -0.3 is 20.0 Å². The summed E-state index contributed by atoms with van der Waals surface area (Å²) in [5, 5.41) is 6.68. The van der Waals surface area contributed by atoms with Gasteiger partial charge in [0.15, 0.2) is 5.96 Å². The van der Waals surface area contributed by atoms with E-state index in [2.05, 4.69) is 84.3 Å². The molecule has 0 bridgehead atoms. The molecule has 0 spiro atoms. The second-order valence-corrected chi connectivity index (χ2v) is 9.40. The van der Waals surface area contributed by atoms with Gasteiger partial charge in [-0.05, 0) is 24.6 Å². The third-order valence-electron chi connectivity index (χ3n) is 5.88. The van der Waals surface area contributed by atoms with Gasteiger partial charge in [-0.2, -0.15) is 0 Å². The first kappa shape index (κ1) is 27.6. The molecule has 8 heteroatoms. The number of likely N-dealkylation sites (N-methyl/N-ethyl adjacent to an activating group) is 1. The molecule has 1 aromatic heterocycles. The van der Waals surface area contributed by atoms with Crippen LogP contribution in [-0.2, 0) is 25.0 Å². The van der Waals surface area contributed by atoms with Crippen LogP contribution in [0.25, 0.3) is 0 Å². The van der Waals surface area contributed by atoms with Crippen LogP contribution in [-0.4, -0.2) is 60.0 Å². The van der Waals surface area contributed by atoms with E-state index in [1.165, 1.54) is 11.1 Å². The first-order valence-corrected chi connectivity index (χ1v) is 11.9. The molecule has 0 radical (unpaired) electrons. The number of aromatic nitrogens is 1. The summed E-state index contributed by atoms with van der Waals surface area (Å²) in [6, 6.07) is 8.65. The van der Waals surface area contributed by atoms with Crippen LogP contribution in [0.4, 0.5) is 0 Å². The molecule has 7 nitrogen and oxygen atoms in total. The molecule has 3 rings (SSSR count). The first-order chi connectivity index (χ1) is 15.4. The molecule has 0 saturated carbocycles. The summed E-state index contributed by atoms with van der Waals surface area (Å²) in [6.07, 6.45) is 1.82. The molecule has 184 valence electrons. The van der Waals surface area contributed by atoms with Crippen molar-refractivity contribution in [2.45, 2.75) is 59.7 Å². The number of guanidine groups is 1. The van der Waals surface area contributed by atoms with E-state index in [-0.39, 0.29) is 29.4 Å². The summed E-state index contributed by atoms with van der Waals surface area (Å²) in [4.78, 5) is 14.3. The Morgan fingerprint density at radius 1 is 1.03 bits per heavy atom. The quantitative estimate of drug-likeness (QED) is 0.285. The van der Waals surface area contributed by atoms with Gasteiger partial charge in [-0.25, -0.2) is 9.98 Å². The van der Waals surface area contributed by atoms with Crippen LogP contribution in [0.5, 0.6) is 0 Å². The highest BCUT2D eigenvalue weighted by molar-refractivity contribution is 14.0. The molecule has 1 aliphatic rings. The third kappa shape index (κ3) is 8.57. The molecule has 1 aromatic carbocycles. The van der Waals surface area contributed by atoms with E-state index in [9.17, 15) is 0 Å². The Hall–Kier alpha value is -1.65. The van der Waals surface area contributed by atoms with Gasteiger partial charge in [-0.1, -0.05) is 52.0 Å². The minimum atomic E-state index is -0.0449. The fraction of sp³-hybridized carbons (Fsp3) is 0.600. The number of benzene rings is 1. The Balaban J connectivity index is 0.00000385. The van der Waals surface area contributed by atoms with Crippen LogP contribution in [0.1, 0.15) is 57.4 Å². The largest absolute Gasteiger partial charge is 0.443 e. The highest BCUT2D eigenvalue weighted by Crippen LogP contribution is 2.22. The van der Waals surface area contributed by atoms with Crippen molar-refractivity contribution in [3.63, 3.8) is 0 Å². The maximum atomic E-state index is 5.89. The lowest BCUT2D eigenvalue weighted by atomic mass is 9.94. The molecule has 0 unspecified atom stereocenters. The average molecular weight is 569 g/mol. The molecule has 2 aromatic rings. The number of hydrogen-bond acceptors (Lipinski definition) is 5. The number of hydrogen-bond donors (Lipinski definition) is 2. The van der Waals surface area contributed by atoms with E-state index in [1.54, 1.807) is 0 Å². The maximum absolute atomic E-state index is 5.89. The fourth-order valence-corrected chi connectivity index (χ4v) is 3.77. The number of aliphatic imine (C=N–C) groups is 1. The van der Waals surface area contributed by atoms with Gasteiger partial charge in [0.1, 0.15) is 5.76 Å². The van der Waals surface area contributed by atoms with E-state index in [1.807, 2.05) is 6.20 Å². The summed E-state index contributed by atoms with van der Waals surface area (Å²) in [5.74, 6) is 2.34. The molecular formula is C25H41IN6O. The molecule has 0 aliphatic carbocycles. The zero-order valence-electron chi connectivity index (χ0n) is 20.9. The van der Waals surface area contributed by atoms with Crippen molar-refractivity contribution in [2.75, 3.05) is 39.3 Å². The van der Waals surface area contributed by atoms with Gasteiger partial charge in [-0.15, -0.1) is 24.0 Å². The zero-order chi connectivity index (χ0) is 23.0. The Morgan fingerprint density at radius 3 is 2.30 bits per heavy atom. The monoisotopic (exact) mass is 568 g/mol. The number of oxazole rings is 1. The zero-order valence-corrected chi connectivity index (χ0v) is 23.2. The van der Waals surface area contributed by atoms with Crippen molar-refractivity contribution in [1.82, 2.24) is 25.4 Å². The normalized spacial score (nSPS) is 15.8. The van der Waals surface area contributed by atoms with Crippen LogP contribution in [0.3, 0.4) is 0 Å². The molecule has 1 fully saturated rings. The van der Waals surface area contributed by atoms with Gasteiger partial charge in [-0.3, -0.25) is 4.90 Å². The molecule has 33 heavy (non-hydrogen) atoms. The minimum absolute atomic E-state index is 0. The molecular weight excluding hydrogens is 527 g/mol. The highest BCUT2D eigenvalue weighted by atomic mass is 127. The number of piperazine rings is 1. The third-order valence-corrected chi connectivity index (χ3v) is 5.88. The van der Waals surface area contributed by atoms with Crippen molar-refractivity contribution in [3.8, 4) is 0 Å². The fourth-order valence-electron chi connectivity index (χ4n) is 3.77. The van der Waals surface area contributed by atoms with Crippen molar-refractivity contribution in [3.05, 3.63) is 53.2 Å².